The fraction of sp³-hybridized carbons (Fsp3) is 0.269. The van der Waals surface area contributed by atoms with Crippen molar-refractivity contribution in [3.63, 3.8) is 0 Å². The summed E-state index contributed by atoms with van der Waals surface area (Å²) in [6, 6.07) is 14.4. The number of aliphatic hydroxyl groups excluding tert-OH is 1. The third-order valence-electron chi connectivity index (χ3n) is 6.16. The van der Waals surface area contributed by atoms with E-state index in [1.165, 1.54) is 29.3 Å². The van der Waals surface area contributed by atoms with Crippen molar-refractivity contribution < 1.29 is 19.4 Å². The number of carbonyl (C=O) groups is 1. The number of aliphatic hydroxyl groups is 1. The molecule has 3 heterocycles. The number of hydrogen-bond acceptors (Lipinski definition) is 7. The molecule has 36 heavy (non-hydrogen) atoms. The molecule has 1 amide bonds. The van der Waals surface area contributed by atoms with E-state index in [-0.39, 0.29) is 24.2 Å². The number of rotatable bonds is 6. The van der Waals surface area contributed by atoms with Gasteiger partial charge in [0.05, 0.1) is 24.4 Å². The van der Waals surface area contributed by atoms with Crippen LogP contribution in [-0.4, -0.2) is 58.4 Å². The van der Waals surface area contributed by atoms with Crippen LogP contribution in [0.15, 0.2) is 59.7 Å². The minimum atomic E-state index is -0.349. The molecule has 0 radical (unpaired) electrons. The molecule has 4 aromatic rings. The first-order valence-electron chi connectivity index (χ1n) is 11.5. The van der Waals surface area contributed by atoms with Gasteiger partial charge in [0.2, 0.25) is 0 Å². The van der Waals surface area contributed by atoms with Crippen LogP contribution in [-0.2, 0) is 4.79 Å². The molecule has 0 spiro atoms. The second-order valence-corrected chi connectivity index (χ2v) is 9.98. The standard InChI is InChI=1S/C26H24ClN3O5S/c1-34-22-12-18(6-7-21(22)35-14-24(32)29-10-8-19(31)9-11-29)30-15-28-20-13-23(36-25(20)26(30)33)16-2-4-17(27)5-3-16/h2-7,12-13,15,19,31H,8-11,14H2,1H3. The Labute approximate surface area is 216 Å². The van der Waals surface area contributed by atoms with Crippen LogP contribution in [0.5, 0.6) is 11.5 Å². The summed E-state index contributed by atoms with van der Waals surface area (Å²) >= 11 is 7.37. The van der Waals surface area contributed by atoms with Crippen LogP contribution in [0.1, 0.15) is 12.8 Å². The van der Waals surface area contributed by atoms with Crippen molar-refractivity contribution in [3.8, 4) is 27.6 Å². The van der Waals surface area contributed by atoms with E-state index in [1.54, 1.807) is 23.1 Å². The molecule has 2 aromatic heterocycles. The number of hydrogen-bond donors (Lipinski definition) is 1. The summed E-state index contributed by atoms with van der Waals surface area (Å²) in [7, 11) is 1.50. The lowest BCUT2D eigenvalue weighted by atomic mass is 10.1. The van der Waals surface area contributed by atoms with Gasteiger partial charge < -0.3 is 19.5 Å². The van der Waals surface area contributed by atoms with Crippen molar-refractivity contribution in [1.29, 1.82) is 0 Å². The number of likely N-dealkylation sites (tertiary alicyclic amines) is 1. The number of ether oxygens (including phenoxy) is 2. The van der Waals surface area contributed by atoms with Crippen molar-refractivity contribution in [1.82, 2.24) is 14.5 Å². The zero-order valence-electron chi connectivity index (χ0n) is 19.5. The van der Waals surface area contributed by atoms with E-state index >= 15 is 0 Å². The van der Waals surface area contributed by atoms with E-state index in [9.17, 15) is 14.7 Å². The number of methoxy groups -OCH3 is 1. The normalized spacial score (nSPS) is 14.2. The quantitative estimate of drug-likeness (QED) is 0.406. The molecule has 1 fully saturated rings. The molecule has 1 N–H and O–H groups in total. The van der Waals surface area contributed by atoms with Crippen LogP contribution in [0.3, 0.4) is 0 Å². The first-order chi connectivity index (χ1) is 17.4. The summed E-state index contributed by atoms with van der Waals surface area (Å²) in [5, 5.41) is 10.3. The van der Waals surface area contributed by atoms with E-state index < -0.39 is 0 Å². The van der Waals surface area contributed by atoms with Gasteiger partial charge in [-0.3, -0.25) is 14.2 Å². The van der Waals surface area contributed by atoms with E-state index in [0.717, 1.165) is 10.4 Å². The summed E-state index contributed by atoms with van der Waals surface area (Å²) in [5.41, 5.74) is 1.97. The molecule has 1 aliphatic rings. The van der Waals surface area contributed by atoms with Crippen molar-refractivity contribution in [2.24, 2.45) is 0 Å². The Morgan fingerprint density at radius 1 is 1.14 bits per heavy atom. The molecular formula is C26H24ClN3O5S. The highest BCUT2D eigenvalue weighted by Gasteiger charge is 2.22. The minimum absolute atomic E-state index is 0.137. The lowest BCUT2D eigenvalue weighted by Crippen LogP contribution is -2.42. The third kappa shape index (κ3) is 4.95. The van der Waals surface area contributed by atoms with Crippen molar-refractivity contribution in [2.75, 3.05) is 26.8 Å². The zero-order valence-corrected chi connectivity index (χ0v) is 21.1. The molecule has 0 bridgehead atoms. The van der Waals surface area contributed by atoms with Gasteiger partial charge in [-0.25, -0.2) is 4.98 Å². The van der Waals surface area contributed by atoms with Gasteiger partial charge in [0, 0.05) is 29.1 Å². The average Bonchev–Trinajstić information content (AvgIpc) is 3.34. The first kappa shape index (κ1) is 24.3. The van der Waals surface area contributed by atoms with Crippen molar-refractivity contribution in [3.05, 3.63) is 70.2 Å². The highest BCUT2D eigenvalue weighted by Crippen LogP contribution is 2.33. The van der Waals surface area contributed by atoms with Gasteiger partial charge in [0.1, 0.15) is 11.0 Å². The van der Waals surface area contributed by atoms with E-state index in [1.807, 2.05) is 30.3 Å². The third-order valence-corrected chi connectivity index (χ3v) is 7.57. The number of benzene rings is 2. The summed E-state index contributed by atoms with van der Waals surface area (Å²) in [5.74, 6) is 0.650. The van der Waals surface area contributed by atoms with Gasteiger partial charge in [0.15, 0.2) is 18.1 Å². The zero-order chi connectivity index (χ0) is 25.2. The summed E-state index contributed by atoms with van der Waals surface area (Å²) < 4.78 is 13.2. The van der Waals surface area contributed by atoms with Crippen LogP contribution in [0.2, 0.25) is 5.02 Å². The molecule has 1 aliphatic heterocycles. The number of nitrogens with zero attached hydrogens (tertiary/aromatic N) is 3. The Bertz CT molecular complexity index is 1460. The topological polar surface area (TPSA) is 93.9 Å². The van der Waals surface area contributed by atoms with Gasteiger partial charge >= 0.3 is 0 Å². The lowest BCUT2D eigenvalue weighted by Gasteiger charge is -2.29. The number of amides is 1. The largest absolute Gasteiger partial charge is 0.493 e. The van der Waals surface area contributed by atoms with Crippen molar-refractivity contribution in [2.45, 2.75) is 18.9 Å². The Kier molecular flexibility index (Phi) is 6.95. The summed E-state index contributed by atoms with van der Waals surface area (Å²) in [4.78, 5) is 32.9. The molecule has 0 saturated carbocycles. The number of carbonyl (C=O) groups excluding carboxylic acids is 1. The number of thiophene rings is 1. The SMILES string of the molecule is COc1cc(-n2cnc3cc(-c4ccc(Cl)cc4)sc3c2=O)ccc1OCC(=O)N1CCC(O)CC1. The Morgan fingerprint density at radius 3 is 2.61 bits per heavy atom. The maximum Gasteiger partial charge on any atom is 0.275 e. The number of fused-ring (bicyclic) bond motifs is 1. The first-order valence-corrected chi connectivity index (χ1v) is 12.7. The number of aromatic nitrogens is 2. The number of piperidine rings is 1. The second-order valence-electron chi connectivity index (χ2n) is 8.49. The fourth-order valence-electron chi connectivity index (χ4n) is 4.12. The van der Waals surface area contributed by atoms with Crippen molar-refractivity contribution >= 4 is 39.1 Å². The van der Waals surface area contributed by atoms with Gasteiger partial charge in [0.25, 0.3) is 11.5 Å². The smallest absolute Gasteiger partial charge is 0.275 e. The molecule has 0 atom stereocenters. The summed E-state index contributed by atoms with van der Waals surface area (Å²) in [6.07, 6.45) is 2.29. The minimum Gasteiger partial charge on any atom is -0.493 e. The van der Waals surface area contributed by atoms with Gasteiger partial charge in [-0.15, -0.1) is 11.3 Å². The molecule has 2 aromatic carbocycles. The molecule has 10 heteroatoms. The number of halogens is 1. The fourth-order valence-corrected chi connectivity index (χ4v) is 5.30. The van der Waals surface area contributed by atoms with Crippen LogP contribution >= 0.6 is 22.9 Å². The monoisotopic (exact) mass is 525 g/mol. The van der Waals surface area contributed by atoms with Crippen LogP contribution in [0.4, 0.5) is 0 Å². The maximum absolute atomic E-state index is 13.3. The molecule has 186 valence electrons. The maximum atomic E-state index is 13.3. The van der Waals surface area contributed by atoms with E-state index in [0.29, 0.717) is 58.4 Å². The van der Waals surface area contributed by atoms with E-state index in [2.05, 4.69) is 4.98 Å². The summed E-state index contributed by atoms with van der Waals surface area (Å²) in [6.45, 7) is 0.891. The Balaban J connectivity index is 1.37. The molecule has 8 nitrogen and oxygen atoms in total. The molecule has 5 rings (SSSR count). The average molecular weight is 526 g/mol. The molecule has 0 unspecified atom stereocenters. The molecular weight excluding hydrogens is 502 g/mol. The van der Waals surface area contributed by atoms with Gasteiger partial charge in [-0.1, -0.05) is 23.7 Å². The predicted molar refractivity (Wildman–Crippen MR) is 140 cm³/mol. The Hall–Kier alpha value is -3.40. The van der Waals surface area contributed by atoms with Gasteiger partial charge in [-0.2, -0.15) is 0 Å². The lowest BCUT2D eigenvalue weighted by molar-refractivity contribution is -0.135. The van der Waals surface area contributed by atoms with Crippen LogP contribution in [0, 0.1) is 0 Å². The highest BCUT2D eigenvalue weighted by atomic mass is 35.5. The van der Waals surface area contributed by atoms with Crippen LogP contribution < -0.4 is 15.0 Å². The van der Waals surface area contributed by atoms with E-state index in [4.69, 9.17) is 21.1 Å². The predicted octanol–water partition coefficient (Wildman–Crippen LogP) is 4.14. The second kappa shape index (κ2) is 10.3. The Morgan fingerprint density at radius 2 is 1.89 bits per heavy atom. The van der Waals surface area contributed by atoms with Gasteiger partial charge in [-0.05, 0) is 48.7 Å². The van der Waals surface area contributed by atoms with Crippen LogP contribution in [0.25, 0.3) is 26.3 Å². The molecule has 0 aliphatic carbocycles. The molecule has 1 saturated heterocycles. The highest BCUT2D eigenvalue weighted by molar-refractivity contribution is 7.22.